The Labute approximate surface area is 212 Å². The van der Waals surface area contributed by atoms with E-state index in [2.05, 4.69) is 0 Å². The van der Waals surface area contributed by atoms with Gasteiger partial charge in [0.15, 0.2) is 0 Å². The van der Waals surface area contributed by atoms with Crippen LogP contribution in [0.2, 0.25) is 10.0 Å². The summed E-state index contributed by atoms with van der Waals surface area (Å²) < 4.78 is 5.55. The van der Waals surface area contributed by atoms with Crippen LogP contribution < -0.4 is 14.5 Å². The fourth-order valence-corrected chi connectivity index (χ4v) is 5.35. The van der Waals surface area contributed by atoms with E-state index in [4.69, 9.17) is 27.9 Å². The van der Waals surface area contributed by atoms with Gasteiger partial charge in [0.05, 0.1) is 34.2 Å². The maximum absolute atomic E-state index is 13.0. The Morgan fingerprint density at radius 1 is 1.00 bits per heavy atom. The van der Waals surface area contributed by atoms with Crippen LogP contribution in [0, 0.1) is 17.8 Å². The molecule has 0 N–H and O–H groups in total. The molecular weight excluding hydrogens is 491 g/mol. The number of hydrogen-bond donors (Lipinski definition) is 0. The van der Waals surface area contributed by atoms with Crippen molar-refractivity contribution in [3.05, 3.63) is 64.2 Å². The van der Waals surface area contributed by atoms with Gasteiger partial charge in [-0.1, -0.05) is 40.9 Å². The number of ether oxygens (including phenoxy) is 1. The van der Waals surface area contributed by atoms with Gasteiger partial charge in [0.25, 0.3) is 0 Å². The molecule has 0 saturated carbocycles. The highest BCUT2D eigenvalue weighted by molar-refractivity contribution is 6.36. The average molecular weight is 513 g/mol. The molecule has 0 radical (unpaired) electrons. The molecule has 3 atom stereocenters. The van der Waals surface area contributed by atoms with Crippen LogP contribution in [0.4, 0.5) is 11.4 Å². The predicted octanol–water partition coefficient (Wildman–Crippen LogP) is 4.80. The number of amides is 3. The summed E-state index contributed by atoms with van der Waals surface area (Å²) in [4.78, 5) is 54.0. The zero-order valence-corrected chi connectivity index (χ0v) is 20.4. The highest BCUT2D eigenvalue weighted by atomic mass is 35.5. The molecular formula is C26H22Cl2N2O5. The standard InChI is InChI=1S/C26H22Cl2N2O5/c1-14-5-7-19-20(9-14)25(33)30(24(19)32)17-3-2-4-18(12-17)35-26(34)15-10-23(31)29(13-15)22-11-16(27)6-8-21(22)28/h2-6,8,11-12,15,19-20H,7,9-10,13H2,1H3/t15-,19+,20+/m1/s1. The van der Waals surface area contributed by atoms with Gasteiger partial charge < -0.3 is 9.64 Å². The summed E-state index contributed by atoms with van der Waals surface area (Å²) in [5.41, 5.74) is 1.92. The van der Waals surface area contributed by atoms with Crippen molar-refractivity contribution < 1.29 is 23.9 Å². The third-order valence-corrected chi connectivity index (χ3v) is 7.33. The van der Waals surface area contributed by atoms with E-state index in [1.807, 2.05) is 13.0 Å². The van der Waals surface area contributed by atoms with Crippen molar-refractivity contribution in [1.82, 2.24) is 0 Å². The third kappa shape index (κ3) is 4.34. The molecule has 2 fully saturated rings. The number of anilines is 2. The molecule has 0 bridgehead atoms. The molecule has 0 spiro atoms. The lowest BCUT2D eigenvalue weighted by Crippen LogP contribution is -2.31. The topological polar surface area (TPSA) is 84.0 Å². The fourth-order valence-electron chi connectivity index (χ4n) is 4.97. The highest BCUT2D eigenvalue weighted by Gasteiger charge is 2.48. The van der Waals surface area contributed by atoms with Gasteiger partial charge in [-0.05, 0) is 50.1 Å². The summed E-state index contributed by atoms with van der Waals surface area (Å²) in [6.07, 6.45) is 3.11. The van der Waals surface area contributed by atoms with Crippen molar-refractivity contribution in [3.8, 4) is 5.75 Å². The van der Waals surface area contributed by atoms with E-state index in [-0.39, 0.29) is 48.3 Å². The number of carbonyl (C=O) groups is 4. The fraction of sp³-hybridized carbons (Fsp3) is 0.308. The van der Waals surface area contributed by atoms with E-state index in [1.54, 1.807) is 36.4 Å². The monoisotopic (exact) mass is 512 g/mol. The number of nitrogens with zero attached hydrogens (tertiary/aromatic N) is 2. The van der Waals surface area contributed by atoms with Crippen LogP contribution in [0.3, 0.4) is 0 Å². The summed E-state index contributed by atoms with van der Waals surface area (Å²) in [5.74, 6) is -2.52. The van der Waals surface area contributed by atoms with Gasteiger partial charge in [0.1, 0.15) is 5.75 Å². The number of rotatable bonds is 4. The Kier molecular flexibility index (Phi) is 6.15. The quantitative estimate of drug-likeness (QED) is 0.254. The first-order valence-corrected chi connectivity index (χ1v) is 12.1. The molecule has 1 aliphatic carbocycles. The molecule has 35 heavy (non-hydrogen) atoms. The van der Waals surface area contributed by atoms with E-state index in [0.29, 0.717) is 34.3 Å². The molecule has 2 aromatic carbocycles. The van der Waals surface area contributed by atoms with Gasteiger partial charge in [-0.25, -0.2) is 4.90 Å². The molecule has 2 heterocycles. The maximum Gasteiger partial charge on any atom is 0.316 e. The molecule has 0 aromatic heterocycles. The van der Waals surface area contributed by atoms with Gasteiger partial charge in [-0.2, -0.15) is 0 Å². The molecule has 7 nitrogen and oxygen atoms in total. The second-order valence-corrected chi connectivity index (χ2v) is 9.98. The third-order valence-electron chi connectivity index (χ3n) is 6.77. The van der Waals surface area contributed by atoms with E-state index in [0.717, 1.165) is 5.57 Å². The summed E-state index contributed by atoms with van der Waals surface area (Å²) in [5, 5.41) is 0.784. The predicted molar refractivity (Wildman–Crippen MR) is 131 cm³/mol. The molecule has 180 valence electrons. The number of benzene rings is 2. The first kappa shape index (κ1) is 23.6. The smallest absolute Gasteiger partial charge is 0.316 e. The number of fused-ring (bicyclic) bond motifs is 1. The van der Waals surface area contributed by atoms with Crippen LogP contribution in [-0.4, -0.2) is 30.2 Å². The Hall–Kier alpha value is -3.16. The molecule has 2 aromatic rings. The Bertz CT molecular complexity index is 1290. The Morgan fingerprint density at radius 2 is 1.77 bits per heavy atom. The van der Waals surface area contributed by atoms with E-state index < -0.39 is 11.9 Å². The summed E-state index contributed by atoms with van der Waals surface area (Å²) >= 11 is 12.3. The zero-order chi connectivity index (χ0) is 24.9. The lowest BCUT2D eigenvalue weighted by molar-refractivity contribution is -0.139. The number of allylic oxidation sites excluding steroid dienone is 2. The minimum absolute atomic E-state index is 0.0276. The van der Waals surface area contributed by atoms with E-state index in [9.17, 15) is 19.2 Å². The van der Waals surface area contributed by atoms with E-state index in [1.165, 1.54) is 15.9 Å². The first-order valence-electron chi connectivity index (χ1n) is 11.3. The van der Waals surface area contributed by atoms with Crippen molar-refractivity contribution in [3.63, 3.8) is 0 Å². The number of halogens is 2. The van der Waals surface area contributed by atoms with Crippen LogP contribution in [0.1, 0.15) is 26.2 Å². The molecule has 0 unspecified atom stereocenters. The van der Waals surface area contributed by atoms with Gasteiger partial charge in [0.2, 0.25) is 17.7 Å². The molecule has 3 amide bonds. The van der Waals surface area contributed by atoms with Crippen molar-refractivity contribution in [2.45, 2.75) is 26.2 Å². The summed E-state index contributed by atoms with van der Waals surface area (Å²) in [7, 11) is 0. The zero-order valence-electron chi connectivity index (χ0n) is 18.9. The Balaban J connectivity index is 1.30. The van der Waals surface area contributed by atoms with Crippen molar-refractivity contribution in [2.75, 3.05) is 16.3 Å². The van der Waals surface area contributed by atoms with Crippen LogP contribution in [-0.2, 0) is 19.2 Å². The van der Waals surface area contributed by atoms with Crippen LogP contribution in [0.25, 0.3) is 0 Å². The lowest BCUT2D eigenvalue weighted by atomic mass is 9.82. The van der Waals surface area contributed by atoms with Gasteiger partial charge >= 0.3 is 5.97 Å². The summed E-state index contributed by atoms with van der Waals surface area (Å²) in [6.45, 7) is 2.07. The van der Waals surface area contributed by atoms with Crippen LogP contribution in [0.5, 0.6) is 5.75 Å². The summed E-state index contributed by atoms with van der Waals surface area (Å²) in [6, 6.07) is 11.2. The first-order chi connectivity index (χ1) is 16.7. The number of esters is 1. The second-order valence-electron chi connectivity index (χ2n) is 9.13. The normalized spacial score (nSPS) is 24.0. The number of imide groups is 1. The average Bonchev–Trinajstić information content (AvgIpc) is 3.33. The number of carbonyl (C=O) groups excluding carboxylic acids is 4. The lowest BCUT2D eigenvalue weighted by Gasteiger charge is -2.19. The molecule has 2 saturated heterocycles. The minimum Gasteiger partial charge on any atom is -0.426 e. The maximum atomic E-state index is 13.0. The molecule has 5 rings (SSSR count). The van der Waals surface area contributed by atoms with Crippen molar-refractivity contribution in [2.24, 2.45) is 17.8 Å². The van der Waals surface area contributed by atoms with Gasteiger partial charge in [-0.3, -0.25) is 19.2 Å². The minimum atomic E-state index is -0.701. The van der Waals surface area contributed by atoms with Crippen LogP contribution in [0.15, 0.2) is 54.1 Å². The van der Waals surface area contributed by atoms with Crippen molar-refractivity contribution >= 4 is 58.3 Å². The van der Waals surface area contributed by atoms with Crippen molar-refractivity contribution in [1.29, 1.82) is 0 Å². The van der Waals surface area contributed by atoms with Gasteiger partial charge in [0, 0.05) is 24.1 Å². The van der Waals surface area contributed by atoms with Crippen LogP contribution >= 0.6 is 23.2 Å². The highest BCUT2D eigenvalue weighted by Crippen LogP contribution is 2.40. The second kappa shape index (κ2) is 9.13. The molecule has 9 heteroatoms. The SMILES string of the molecule is CC1=CC[C@@H]2C(=O)N(c3cccc(OC(=O)[C@@H]4CC(=O)N(c5cc(Cl)ccc5Cl)C4)c3)C(=O)[C@H]2C1. The molecule has 3 aliphatic rings. The van der Waals surface area contributed by atoms with E-state index >= 15 is 0 Å². The largest absolute Gasteiger partial charge is 0.426 e. The number of hydrogen-bond acceptors (Lipinski definition) is 5. The van der Waals surface area contributed by atoms with Gasteiger partial charge in [-0.15, -0.1) is 0 Å². The molecule has 2 aliphatic heterocycles. The Morgan fingerprint density at radius 3 is 2.57 bits per heavy atom.